The van der Waals surface area contributed by atoms with Crippen LogP contribution in [0.3, 0.4) is 0 Å². The molecule has 2 aliphatic carbocycles. The molecule has 0 spiro atoms. The number of aliphatic hydroxyl groups is 6. The van der Waals surface area contributed by atoms with Crippen LogP contribution in [0.2, 0.25) is 0 Å². The van der Waals surface area contributed by atoms with Crippen LogP contribution in [0.25, 0.3) is 0 Å². The molecule has 139 heavy (non-hydrogen) atoms. The Bertz CT molecular complexity index is 4500. The van der Waals surface area contributed by atoms with Gasteiger partial charge in [-0.15, -0.1) is 0 Å². The van der Waals surface area contributed by atoms with Gasteiger partial charge in [0, 0.05) is 77.3 Å². The smallest absolute Gasteiger partial charge is 0.329 e. The number of carbonyl (C=O) groups is 8. The zero-order valence-electron chi connectivity index (χ0n) is 87.3. The first-order valence-electron chi connectivity index (χ1n) is 51.6. The number of ether oxygens (including phenoxy) is 8. The van der Waals surface area contributed by atoms with Gasteiger partial charge in [-0.1, -0.05) is 167 Å². The molecule has 6 aliphatic heterocycles. The lowest BCUT2D eigenvalue weighted by atomic mass is 9.78. The summed E-state index contributed by atoms with van der Waals surface area (Å²) in [5.74, 6) is -14.0. The minimum Gasteiger partial charge on any atom is -0.461 e. The molecule has 2 saturated carbocycles. The Hall–Kier alpha value is -6.18. The van der Waals surface area contributed by atoms with Gasteiger partial charge in [0.05, 0.1) is 47.6 Å². The summed E-state index contributed by atoms with van der Waals surface area (Å²) in [6.07, 6.45) is 26.0. The number of piperidine rings is 2. The van der Waals surface area contributed by atoms with Crippen LogP contribution in [0.4, 0.5) is 0 Å². The largest absolute Gasteiger partial charge is 0.461 e. The SMILES string of the molecule is CO[C@@H]1C[C@H](C[C@@H](C)[C@@H]2CC[C@H](C)/C=C(\C)[C@@H](O)[C@@H](OC)C(=O)[C@H](C)C[C@H](C)/C=C/C=C/C=C(\C)[C@@H](NS(=O)(=O)C(C)C)C[C@@H]3CC[C@@H](C)[C@@](O)(O3)C(=O)C(=O)N3CCCC[C@H]3C(=O)O2)CC[C@H]1O.CO[C@@H]1C[C@H](C[C@@H](C)[C@@H]2CC[C@H](C)/C=C(\C)[C@@H](O)[C@@H](OC)C(=O)[C@H](C)C[C@H](C)/C=C/C=C/C=C(\C)[C@H](NS(=O)(=O)CC(C)C)C[C@@H]3CC[C@@H](C)[C@@](O)(O3)C(=O)C(=O)N3CCCC[C@H]3C(=O)O2)CC[C@H]1O. The fraction of sp³-hybridized carbons (Fsp3) is 0.776. The first kappa shape index (κ1) is 120. The number of hydrogen-bond donors (Lipinski definition) is 8. The molecule has 790 valence electrons. The highest BCUT2D eigenvalue weighted by atomic mass is 32.2. The Balaban J connectivity index is 0.000000378. The van der Waals surface area contributed by atoms with Crippen LogP contribution in [0.15, 0.2) is 95.2 Å². The van der Waals surface area contributed by atoms with E-state index in [-0.39, 0.29) is 122 Å². The molecule has 0 unspecified atom stereocenters. The maximum atomic E-state index is 14.5. The summed E-state index contributed by atoms with van der Waals surface area (Å²) in [7, 11) is -1.54. The molecule has 6 fully saturated rings. The second-order valence-corrected chi connectivity index (χ2v) is 47.1. The third-order valence-corrected chi connectivity index (χ3v) is 34.0. The van der Waals surface area contributed by atoms with E-state index in [0.717, 1.165) is 12.8 Å². The van der Waals surface area contributed by atoms with Crippen molar-refractivity contribution in [2.24, 2.45) is 76.9 Å². The van der Waals surface area contributed by atoms with Gasteiger partial charge in [-0.2, -0.15) is 0 Å². The number of ketones is 4. The maximum Gasteiger partial charge on any atom is 0.329 e. The standard InChI is InChI=1S/C54H88N2O13S.C53H86N2O13S/c1-33(2)32-70(64,65)55-43-31-42-23-21-40(9)54(63,69-42)51(60)52(61)56-26-16-15-19-44(56)53(62)68-46(37(6)29-41-22-24-45(57)47(30-41)66-10)25-20-35(4)28-39(8)49(59)50(67-11)48(58)38(7)27-34(3)17-13-12-14-18-36(43)5;1-32(2)69(63,64)54-42-31-41-23-21-39(9)53(62,68-41)50(59)51(60)55-26-16-15-19-43(55)52(61)67-45(36(6)29-40-22-24-44(56)46(30-40)65-10)25-20-34(4)28-38(8)48(58)49(66-11)47(57)37(7)27-33(3)17-13-12-14-18-35(42)5/h12-14,17-18,28,33-35,37-38,40-47,49-50,55,57,59,63H,15-16,19-27,29-32H2,1-11H3;12-14,17-18,28,32-34,36-37,39-46,48-49,54,56,58,62H,15-16,19-27,29-31H2,1-11H3/b14-12+,17-13+,36-18+,39-28+;14-12+,17-13+,35-18+,38-28+/t34-,35+,37-,38-,40-,41+,42+,43-,44+,45-,46+,47-,49-,50+,54-;33-,34+,36-,37-,39-,40+,41+,42+,43+,44-,45+,46-,48-,49+,53-/m11/s1. The Morgan fingerprint density at radius 2 is 0.820 bits per heavy atom. The number of allylic oxidation sites excluding steroid dienone is 12. The van der Waals surface area contributed by atoms with Gasteiger partial charge in [-0.25, -0.2) is 35.9 Å². The molecule has 0 aromatic carbocycles. The summed E-state index contributed by atoms with van der Waals surface area (Å²) in [5.41, 5.74) is 2.47. The van der Waals surface area contributed by atoms with Gasteiger partial charge in [-0.3, -0.25) is 28.8 Å². The molecule has 4 saturated heterocycles. The minimum absolute atomic E-state index is 0.0119. The summed E-state index contributed by atoms with van der Waals surface area (Å²) < 4.78 is 107. The van der Waals surface area contributed by atoms with Crippen molar-refractivity contribution in [3.63, 3.8) is 0 Å². The summed E-state index contributed by atoms with van der Waals surface area (Å²) in [5, 5.41) is 67.5. The predicted molar refractivity (Wildman–Crippen MR) is 534 cm³/mol. The third kappa shape index (κ3) is 34.8. The van der Waals surface area contributed by atoms with Crippen molar-refractivity contribution < 1.29 is 124 Å². The average molecular weight is 2000 g/mol. The van der Waals surface area contributed by atoms with Gasteiger partial charge in [0.1, 0.15) is 48.7 Å². The normalized spacial score (nSPS) is 38.9. The molecule has 8 rings (SSSR count). The van der Waals surface area contributed by atoms with E-state index in [2.05, 4.69) is 9.44 Å². The Labute approximate surface area is 830 Å². The van der Waals surface area contributed by atoms with Crippen LogP contribution in [0.5, 0.6) is 0 Å². The molecule has 6 heterocycles. The van der Waals surface area contributed by atoms with Gasteiger partial charge in [0.2, 0.25) is 31.6 Å². The Morgan fingerprint density at radius 1 is 0.439 bits per heavy atom. The van der Waals surface area contributed by atoms with Gasteiger partial charge in [0.25, 0.3) is 23.4 Å². The molecule has 0 aromatic heterocycles. The van der Waals surface area contributed by atoms with Crippen LogP contribution in [-0.4, -0.2) is 266 Å². The number of esters is 2. The summed E-state index contributed by atoms with van der Waals surface area (Å²) in [6.45, 7) is 33.1. The lowest BCUT2D eigenvalue weighted by Gasteiger charge is -2.43. The van der Waals surface area contributed by atoms with Crippen LogP contribution in [0, 0.1) is 76.9 Å². The Kier molecular flexibility index (Phi) is 48.2. The molecule has 8 N–H and O–H groups in total. The highest BCUT2D eigenvalue weighted by Crippen LogP contribution is 2.42. The molecular formula is C107H174N4O26S2. The quantitative estimate of drug-likeness (QED) is 0.0381. The van der Waals surface area contributed by atoms with Crippen LogP contribution >= 0.6 is 0 Å². The van der Waals surface area contributed by atoms with E-state index in [1.54, 1.807) is 93.9 Å². The fourth-order valence-electron chi connectivity index (χ4n) is 21.4. The van der Waals surface area contributed by atoms with E-state index in [0.29, 0.717) is 151 Å². The minimum atomic E-state index is -3.79. The van der Waals surface area contributed by atoms with E-state index in [1.807, 2.05) is 118 Å². The van der Waals surface area contributed by atoms with E-state index in [4.69, 9.17) is 37.9 Å². The summed E-state index contributed by atoms with van der Waals surface area (Å²) in [4.78, 5) is 116. The zero-order chi connectivity index (χ0) is 103. The number of nitrogens with one attached hydrogen (secondary N) is 2. The monoisotopic (exact) mass is 2000 g/mol. The highest BCUT2D eigenvalue weighted by molar-refractivity contribution is 7.90. The zero-order valence-corrected chi connectivity index (χ0v) is 88.9. The molecule has 0 aromatic rings. The first-order chi connectivity index (χ1) is 65.3. The van der Waals surface area contributed by atoms with Gasteiger partial charge >= 0.3 is 11.9 Å². The number of methoxy groups -OCH3 is 4. The highest BCUT2D eigenvalue weighted by Gasteiger charge is 2.56. The Morgan fingerprint density at radius 3 is 1.18 bits per heavy atom. The van der Waals surface area contributed by atoms with E-state index in [9.17, 15) is 85.8 Å². The maximum absolute atomic E-state index is 14.5. The molecule has 2 amide bonds. The van der Waals surface area contributed by atoms with Crippen molar-refractivity contribution in [3.05, 3.63) is 95.2 Å². The number of Topliss-reactive ketones (excluding diaryl/α,β-unsaturated/α-hetero) is 4. The van der Waals surface area contributed by atoms with Gasteiger partial charge in [0.15, 0.2) is 11.6 Å². The third-order valence-electron chi connectivity index (χ3n) is 30.4. The average Bonchev–Trinajstić information content (AvgIpc) is 0.774. The number of sulfonamides is 2. The number of carbonyl (C=O) groups excluding carboxylic acids is 8. The number of aliphatic hydroxyl groups excluding tert-OH is 4. The number of hydrogen-bond acceptors (Lipinski definition) is 26. The van der Waals surface area contributed by atoms with Crippen molar-refractivity contribution in [2.75, 3.05) is 47.3 Å². The van der Waals surface area contributed by atoms with Crippen LogP contribution in [-0.2, 0) is 96.3 Å². The molecular weight excluding hydrogens is 1820 g/mol. The number of cyclic esters (lactones) is 2. The van der Waals surface area contributed by atoms with E-state index < -0.39 is 181 Å². The first-order valence-corrected chi connectivity index (χ1v) is 54.8. The summed E-state index contributed by atoms with van der Waals surface area (Å²) >= 11 is 0. The fourth-order valence-corrected chi connectivity index (χ4v) is 24.1. The van der Waals surface area contributed by atoms with E-state index >= 15 is 0 Å². The molecule has 32 heteroatoms. The molecule has 8 aliphatic rings. The number of fused-ring (bicyclic) bond motifs is 6. The van der Waals surface area contributed by atoms with Gasteiger partial charge in [-0.05, 0) is 273 Å². The van der Waals surface area contributed by atoms with Crippen LogP contribution in [0.1, 0.15) is 292 Å². The molecule has 4 bridgehead atoms. The van der Waals surface area contributed by atoms with Crippen molar-refractivity contribution in [1.82, 2.24) is 19.2 Å². The predicted octanol–water partition coefficient (Wildman–Crippen LogP) is 13.6. The molecule has 30 atom stereocenters. The number of rotatable bonds is 17. The lowest BCUT2D eigenvalue weighted by molar-refractivity contribution is -0.264. The van der Waals surface area contributed by atoms with Crippen molar-refractivity contribution in [1.29, 1.82) is 0 Å². The summed E-state index contributed by atoms with van der Waals surface area (Å²) in [6, 6.07) is -3.73. The number of nitrogens with zero attached hydrogens (tertiary/aromatic N) is 2. The number of amides is 2. The van der Waals surface area contributed by atoms with Crippen molar-refractivity contribution >= 4 is 66.9 Å². The lowest BCUT2D eigenvalue weighted by Crippen LogP contribution is -2.61. The van der Waals surface area contributed by atoms with E-state index in [1.165, 1.54) is 24.0 Å². The van der Waals surface area contributed by atoms with Crippen molar-refractivity contribution in [3.8, 4) is 0 Å². The topological polar surface area (TPSA) is 431 Å². The molecule has 30 nitrogen and oxygen atoms in total. The van der Waals surface area contributed by atoms with Gasteiger partial charge < -0.3 is 78.3 Å². The second-order valence-electron chi connectivity index (χ2n) is 43.0. The van der Waals surface area contributed by atoms with Crippen LogP contribution < -0.4 is 9.44 Å². The second kappa shape index (κ2) is 55.9. The molecule has 0 radical (unpaired) electrons. The van der Waals surface area contributed by atoms with Crippen molar-refractivity contribution in [2.45, 2.75) is 406 Å².